The summed E-state index contributed by atoms with van der Waals surface area (Å²) >= 11 is 1.89. The average Bonchev–Trinajstić information content (AvgIpc) is 3.94. The van der Waals surface area contributed by atoms with Gasteiger partial charge < -0.3 is 9.73 Å². The van der Waals surface area contributed by atoms with E-state index in [0.29, 0.717) is 0 Å². The molecule has 4 heterocycles. The number of nitrogens with zero attached hydrogens (tertiary/aromatic N) is 2. The molecule has 8 aromatic carbocycles. The molecule has 0 saturated heterocycles. The molecule has 11 aromatic rings. The Morgan fingerprint density at radius 2 is 1.15 bits per heavy atom. The van der Waals surface area contributed by atoms with Gasteiger partial charge >= 0.3 is 0 Å². The monoisotopic (exact) mass is 721 g/mol. The van der Waals surface area contributed by atoms with E-state index in [-0.39, 0.29) is 6.17 Å². The van der Waals surface area contributed by atoms with Crippen LogP contribution in [-0.4, -0.2) is 4.57 Å². The van der Waals surface area contributed by atoms with E-state index in [2.05, 4.69) is 174 Å². The van der Waals surface area contributed by atoms with Crippen LogP contribution >= 0.6 is 11.3 Å². The quantitative estimate of drug-likeness (QED) is 0.197. The van der Waals surface area contributed by atoms with Crippen LogP contribution in [0.15, 0.2) is 185 Å². The molecule has 3 aromatic heterocycles. The van der Waals surface area contributed by atoms with Crippen LogP contribution in [0.25, 0.3) is 91.8 Å². The van der Waals surface area contributed by atoms with Gasteiger partial charge in [-0.1, -0.05) is 146 Å². The molecule has 0 bridgehead atoms. The third kappa shape index (κ3) is 4.54. The van der Waals surface area contributed by atoms with Crippen molar-refractivity contribution in [1.29, 1.82) is 0 Å². The third-order valence-corrected chi connectivity index (χ3v) is 12.4. The van der Waals surface area contributed by atoms with E-state index in [9.17, 15) is 0 Å². The van der Waals surface area contributed by atoms with E-state index in [0.717, 1.165) is 44.2 Å². The van der Waals surface area contributed by atoms with Crippen LogP contribution in [0, 0.1) is 0 Å². The summed E-state index contributed by atoms with van der Waals surface area (Å²) in [6, 6.07) is 62.9. The molecule has 0 saturated carbocycles. The number of thiophene rings is 1. The Morgan fingerprint density at radius 1 is 0.527 bits per heavy atom. The second kappa shape index (κ2) is 11.8. The zero-order valence-electron chi connectivity index (χ0n) is 29.5. The van der Waals surface area contributed by atoms with E-state index in [1.54, 1.807) is 0 Å². The Morgan fingerprint density at radius 3 is 1.93 bits per heavy atom. The number of benzene rings is 8. The van der Waals surface area contributed by atoms with Crippen molar-refractivity contribution in [2.45, 2.75) is 6.17 Å². The third-order valence-electron chi connectivity index (χ3n) is 11.2. The molecule has 1 aliphatic heterocycles. The average molecular weight is 722 g/mol. The van der Waals surface area contributed by atoms with Crippen LogP contribution in [0.2, 0.25) is 0 Å². The van der Waals surface area contributed by atoms with Crippen LogP contribution < -0.4 is 16.1 Å². The maximum atomic E-state index is 6.78. The van der Waals surface area contributed by atoms with Gasteiger partial charge in [0, 0.05) is 41.7 Å². The molecule has 0 radical (unpaired) electrons. The van der Waals surface area contributed by atoms with Gasteiger partial charge in [0.25, 0.3) is 0 Å². The largest absolute Gasteiger partial charge is 0.451 e. The number of hydrogen-bond acceptors (Lipinski definition) is 4. The molecular formula is C50H31N3OS. The molecule has 0 amide bonds. The predicted molar refractivity (Wildman–Crippen MR) is 229 cm³/mol. The predicted octanol–water partition coefficient (Wildman–Crippen LogP) is 11.9. The Kier molecular flexibility index (Phi) is 6.53. The minimum absolute atomic E-state index is 0.333. The standard InChI is InChI=1S/C50H31N3OS/c1-3-13-30(14-4-1)32-23-25-33(26-24-32)49-51-45-38-20-10-12-22-41(38)54-47(45)50(52-49)53-40-21-11-9-19-37(40)44-46(53)36-18-8-7-17-35(36)43-39-29-34(31-15-5-2-6-16-31)27-28-42(39)55-48(43)44/h1-29,49,52H. The lowest BCUT2D eigenvalue weighted by molar-refractivity contribution is 0.525. The smallest absolute Gasteiger partial charge is 0.194 e. The summed E-state index contributed by atoms with van der Waals surface area (Å²) in [7, 11) is 0. The highest BCUT2D eigenvalue weighted by atomic mass is 32.1. The summed E-state index contributed by atoms with van der Waals surface area (Å²) in [4.78, 5) is 5.36. The molecule has 0 fully saturated rings. The minimum Gasteiger partial charge on any atom is -0.451 e. The van der Waals surface area contributed by atoms with Gasteiger partial charge in [-0.3, -0.25) is 9.56 Å². The zero-order valence-corrected chi connectivity index (χ0v) is 30.3. The molecule has 0 spiro atoms. The van der Waals surface area contributed by atoms with E-state index >= 15 is 0 Å². The molecule has 1 atom stereocenters. The molecule has 258 valence electrons. The molecule has 1 unspecified atom stereocenters. The molecule has 5 heteroatoms. The first-order chi connectivity index (χ1) is 27.3. The lowest BCUT2D eigenvalue weighted by Gasteiger charge is -2.23. The Balaban J connectivity index is 1.16. The van der Waals surface area contributed by atoms with E-state index in [1.807, 2.05) is 23.5 Å². The Labute approximate surface area is 319 Å². The van der Waals surface area contributed by atoms with Crippen molar-refractivity contribution < 1.29 is 4.42 Å². The van der Waals surface area contributed by atoms with Crippen LogP contribution in [0.4, 0.5) is 0 Å². The number of aromatic nitrogens is 1. The van der Waals surface area contributed by atoms with Crippen molar-refractivity contribution in [3.05, 3.63) is 192 Å². The lowest BCUT2D eigenvalue weighted by Crippen LogP contribution is -2.40. The molecule has 1 aliphatic rings. The maximum Gasteiger partial charge on any atom is 0.194 e. The number of fused-ring (bicyclic) bond motifs is 13. The van der Waals surface area contributed by atoms with Gasteiger partial charge in [0.15, 0.2) is 11.2 Å². The van der Waals surface area contributed by atoms with Crippen LogP contribution in [0.3, 0.4) is 0 Å². The fourth-order valence-electron chi connectivity index (χ4n) is 8.71. The number of para-hydroxylation sites is 2. The van der Waals surface area contributed by atoms with Crippen molar-refractivity contribution in [2.24, 2.45) is 4.99 Å². The summed E-state index contributed by atoms with van der Waals surface area (Å²) in [5, 5.41) is 13.3. The fourth-order valence-corrected chi connectivity index (χ4v) is 9.96. The van der Waals surface area contributed by atoms with Gasteiger partial charge in [0.2, 0.25) is 0 Å². The van der Waals surface area contributed by atoms with Gasteiger partial charge in [0.1, 0.15) is 17.1 Å². The highest BCUT2D eigenvalue weighted by Gasteiger charge is 2.27. The SMILES string of the molecule is c1ccc(-c2ccc(C3N=c4c(oc5ccccc45)=C(n4c5ccccc5c5c6sc7ccc(-c8ccccc8)cc7c6c6ccccc6c54)N3)cc2)cc1. The summed E-state index contributed by atoms with van der Waals surface area (Å²) in [5.74, 6) is 0.890. The van der Waals surface area contributed by atoms with Crippen molar-refractivity contribution in [3.63, 3.8) is 0 Å². The highest BCUT2D eigenvalue weighted by Crippen LogP contribution is 2.48. The summed E-state index contributed by atoms with van der Waals surface area (Å²) in [5.41, 5.74) is 9.75. The minimum atomic E-state index is -0.333. The van der Waals surface area contributed by atoms with Crippen molar-refractivity contribution in [2.75, 3.05) is 0 Å². The second-order valence-electron chi connectivity index (χ2n) is 14.3. The summed E-state index contributed by atoms with van der Waals surface area (Å²) in [6.45, 7) is 0. The number of nitrogens with one attached hydrogen (secondary N) is 1. The molecule has 12 rings (SSSR count). The number of furan rings is 1. The van der Waals surface area contributed by atoms with Gasteiger partial charge in [-0.25, -0.2) is 0 Å². The van der Waals surface area contributed by atoms with E-state index < -0.39 is 0 Å². The normalized spacial score (nSPS) is 14.3. The number of hydrogen-bond donors (Lipinski definition) is 1. The highest BCUT2D eigenvalue weighted by molar-refractivity contribution is 7.27. The molecule has 4 nitrogen and oxygen atoms in total. The molecular weight excluding hydrogens is 691 g/mol. The van der Waals surface area contributed by atoms with Crippen LogP contribution in [0.1, 0.15) is 11.7 Å². The molecule has 55 heavy (non-hydrogen) atoms. The Bertz CT molecular complexity index is 3450. The van der Waals surface area contributed by atoms with Gasteiger partial charge in [-0.05, 0) is 63.5 Å². The van der Waals surface area contributed by atoms with E-state index in [1.165, 1.54) is 64.0 Å². The first-order valence-electron chi connectivity index (χ1n) is 18.7. The summed E-state index contributed by atoms with van der Waals surface area (Å²) < 4.78 is 11.8. The first kappa shape index (κ1) is 30.5. The number of rotatable bonds is 4. The van der Waals surface area contributed by atoms with Crippen LogP contribution in [-0.2, 0) is 0 Å². The van der Waals surface area contributed by atoms with Crippen molar-refractivity contribution in [1.82, 2.24) is 9.88 Å². The molecule has 1 N–H and O–H groups in total. The topological polar surface area (TPSA) is 42.5 Å². The maximum absolute atomic E-state index is 6.78. The van der Waals surface area contributed by atoms with Gasteiger partial charge in [-0.2, -0.15) is 0 Å². The van der Waals surface area contributed by atoms with E-state index in [4.69, 9.17) is 9.41 Å². The van der Waals surface area contributed by atoms with Crippen molar-refractivity contribution in [3.8, 4) is 22.3 Å². The fraction of sp³-hybridized carbons (Fsp3) is 0.0200. The summed E-state index contributed by atoms with van der Waals surface area (Å²) in [6.07, 6.45) is -0.333. The first-order valence-corrected chi connectivity index (χ1v) is 19.5. The van der Waals surface area contributed by atoms with Crippen LogP contribution in [0.5, 0.6) is 0 Å². The molecule has 0 aliphatic carbocycles. The van der Waals surface area contributed by atoms with Gasteiger partial charge in [-0.15, -0.1) is 11.3 Å². The second-order valence-corrected chi connectivity index (χ2v) is 15.3. The lowest BCUT2D eigenvalue weighted by atomic mass is 9.97. The van der Waals surface area contributed by atoms with Crippen molar-refractivity contribution >= 4 is 80.9 Å². The Hall–Kier alpha value is -6.95. The van der Waals surface area contributed by atoms with Gasteiger partial charge in [0.05, 0.1) is 11.0 Å². The zero-order chi connectivity index (χ0) is 36.0.